The molecule has 0 bridgehead atoms. The van der Waals surface area contributed by atoms with Crippen LogP contribution in [0.3, 0.4) is 0 Å². The topological polar surface area (TPSA) is 3.01 Å². The molecule has 0 aromatic heterocycles. The van der Waals surface area contributed by atoms with Gasteiger partial charge in [-0.3, -0.25) is 4.90 Å². The van der Waals surface area contributed by atoms with Gasteiger partial charge >= 0.3 is 0 Å². The Labute approximate surface area is 58.0 Å². The third-order valence-corrected chi connectivity index (χ3v) is 2.26. The molecule has 0 aliphatic carbocycles. The van der Waals surface area contributed by atoms with Crippen molar-refractivity contribution >= 4 is 0 Å². The molecule has 2 atom stereocenters. The maximum Gasteiger partial charge on any atom is 0.0229 e. The Bertz CT molecular complexity index is 104. The first kappa shape index (κ1) is 7.07. The van der Waals surface area contributed by atoms with Crippen molar-refractivity contribution in [1.82, 2.24) is 4.90 Å². The fourth-order valence-corrected chi connectivity index (χ4v) is 1.73. The quantitative estimate of drug-likeness (QED) is 0.449. The summed E-state index contributed by atoms with van der Waals surface area (Å²) in [5, 5.41) is 0. The molecule has 1 nitrogen and oxygen atoms in total. The Morgan fingerprint density at radius 1 is 1.00 bits per heavy atom. The highest BCUT2D eigenvalue weighted by molar-refractivity contribution is 5.02. The van der Waals surface area contributed by atoms with Crippen molar-refractivity contribution in [2.24, 2.45) is 0 Å². The molecular formula is C8H17N. The smallest absolute Gasteiger partial charge is 0.0229 e. The molecule has 1 saturated heterocycles. The Kier molecular flexibility index (Phi) is 1.35. The minimum absolute atomic E-state index is 0.388. The van der Waals surface area contributed by atoms with Gasteiger partial charge in [-0.25, -0.2) is 0 Å². The van der Waals surface area contributed by atoms with Gasteiger partial charge in [0.1, 0.15) is 0 Å². The van der Waals surface area contributed by atoms with E-state index in [-0.39, 0.29) is 0 Å². The predicted octanol–water partition coefficient (Wildman–Crippen LogP) is 1.88. The third-order valence-electron chi connectivity index (χ3n) is 2.26. The lowest BCUT2D eigenvalue weighted by Gasteiger charge is -2.21. The molecule has 0 radical (unpaired) electrons. The Morgan fingerprint density at radius 2 is 1.33 bits per heavy atom. The number of hydrogen-bond donors (Lipinski definition) is 0. The van der Waals surface area contributed by atoms with Crippen LogP contribution < -0.4 is 0 Å². The molecule has 1 heteroatoms. The summed E-state index contributed by atoms with van der Waals surface area (Å²) in [7, 11) is 0. The molecule has 0 N–H and O–H groups in total. The summed E-state index contributed by atoms with van der Waals surface area (Å²) < 4.78 is 0. The van der Waals surface area contributed by atoms with E-state index in [1.165, 1.54) is 0 Å². The third kappa shape index (κ3) is 1.11. The van der Waals surface area contributed by atoms with Crippen LogP contribution in [-0.4, -0.2) is 22.5 Å². The van der Waals surface area contributed by atoms with Crippen molar-refractivity contribution in [1.29, 1.82) is 0 Å². The molecule has 0 amide bonds. The molecular weight excluding hydrogens is 110 g/mol. The molecule has 1 aliphatic heterocycles. The standard InChI is InChI=1S/C8H17N/c1-6-7(2)9(6)8(3,4)5/h6-7H,1-5H3. The zero-order valence-corrected chi connectivity index (χ0v) is 7.10. The lowest BCUT2D eigenvalue weighted by atomic mass is 10.1. The SMILES string of the molecule is CC1C(C)N1C(C)(C)C. The average molecular weight is 127 g/mol. The van der Waals surface area contributed by atoms with E-state index in [1.54, 1.807) is 0 Å². The fraction of sp³-hybridized carbons (Fsp3) is 1.00. The summed E-state index contributed by atoms with van der Waals surface area (Å²) >= 11 is 0. The molecule has 0 aromatic rings. The summed E-state index contributed by atoms with van der Waals surface area (Å²) in [6, 6.07) is 1.62. The van der Waals surface area contributed by atoms with E-state index < -0.39 is 0 Å². The van der Waals surface area contributed by atoms with Gasteiger partial charge in [0.2, 0.25) is 0 Å². The van der Waals surface area contributed by atoms with E-state index in [1.807, 2.05) is 0 Å². The molecule has 1 fully saturated rings. The Hall–Kier alpha value is -0.0400. The normalized spacial score (nSPS) is 43.0. The zero-order valence-electron chi connectivity index (χ0n) is 7.10. The molecule has 0 spiro atoms. The molecule has 0 aromatic carbocycles. The van der Waals surface area contributed by atoms with Gasteiger partial charge in [-0.05, 0) is 34.6 Å². The second-order valence-corrected chi connectivity index (χ2v) is 4.06. The molecule has 9 heavy (non-hydrogen) atoms. The summed E-state index contributed by atoms with van der Waals surface area (Å²) in [4.78, 5) is 2.52. The number of hydrogen-bond acceptors (Lipinski definition) is 1. The predicted molar refractivity (Wildman–Crippen MR) is 40.5 cm³/mol. The van der Waals surface area contributed by atoms with Crippen LogP contribution in [0, 0.1) is 0 Å². The van der Waals surface area contributed by atoms with Crippen molar-refractivity contribution < 1.29 is 0 Å². The lowest BCUT2D eigenvalue weighted by molar-refractivity contribution is 0.275. The minimum Gasteiger partial charge on any atom is -0.290 e. The lowest BCUT2D eigenvalue weighted by Crippen LogP contribution is -2.27. The number of nitrogens with zero attached hydrogens (tertiary/aromatic N) is 1. The van der Waals surface area contributed by atoms with Crippen molar-refractivity contribution in [2.75, 3.05) is 0 Å². The zero-order chi connectivity index (χ0) is 7.23. The van der Waals surface area contributed by atoms with E-state index in [4.69, 9.17) is 0 Å². The maximum absolute atomic E-state index is 2.52. The summed E-state index contributed by atoms with van der Waals surface area (Å²) in [6.45, 7) is 11.4. The fourth-order valence-electron chi connectivity index (χ4n) is 1.73. The van der Waals surface area contributed by atoms with Gasteiger partial charge < -0.3 is 0 Å². The largest absolute Gasteiger partial charge is 0.290 e. The van der Waals surface area contributed by atoms with Crippen LogP contribution in [0.5, 0.6) is 0 Å². The van der Waals surface area contributed by atoms with Crippen LogP contribution in [0.1, 0.15) is 34.6 Å². The van der Waals surface area contributed by atoms with Crippen molar-refractivity contribution in [3.8, 4) is 0 Å². The first-order valence-electron chi connectivity index (χ1n) is 3.73. The van der Waals surface area contributed by atoms with Crippen molar-refractivity contribution in [3.05, 3.63) is 0 Å². The second-order valence-electron chi connectivity index (χ2n) is 4.06. The van der Waals surface area contributed by atoms with Gasteiger partial charge in [0, 0.05) is 17.6 Å². The first-order valence-corrected chi connectivity index (χ1v) is 3.73. The summed E-state index contributed by atoms with van der Waals surface area (Å²) in [6.07, 6.45) is 0. The van der Waals surface area contributed by atoms with Gasteiger partial charge in [0.15, 0.2) is 0 Å². The van der Waals surface area contributed by atoms with Gasteiger partial charge in [0.05, 0.1) is 0 Å². The second kappa shape index (κ2) is 1.72. The van der Waals surface area contributed by atoms with E-state index in [0.717, 1.165) is 12.1 Å². The van der Waals surface area contributed by atoms with Crippen LogP contribution in [0.4, 0.5) is 0 Å². The summed E-state index contributed by atoms with van der Waals surface area (Å²) in [5.74, 6) is 0. The highest BCUT2D eigenvalue weighted by Crippen LogP contribution is 2.35. The van der Waals surface area contributed by atoms with Crippen LogP contribution in [0.25, 0.3) is 0 Å². The molecule has 1 aliphatic rings. The highest BCUT2D eigenvalue weighted by Gasteiger charge is 2.46. The van der Waals surface area contributed by atoms with E-state index in [9.17, 15) is 0 Å². The minimum atomic E-state index is 0.388. The van der Waals surface area contributed by atoms with Crippen LogP contribution >= 0.6 is 0 Å². The van der Waals surface area contributed by atoms with Gasteiger partial charge in [-0.2, -0.15) is 0 Å². The maximum atomic E-state index is 2.52. The van der Waals surface area contributed by atoms with Gasteiger partial charge in [-0.15, -0.1) is 0 Å². The summed E-state index contributed by atoms with van der Waals surface area (Å²) in [5.41, 5.74) is 0.388. The Balaban J connectivity index is 2.50. The van der Waals surface area contributed by atoms with Crippen LogP contribution in [0.2, 0.25) is 0 Å². The van der Waals surface area contributed by atoms with Crippen molar-refractivity contribution in [2.45, 2.75) is 52.2 Å². The van der Waals surface area contributed by atoms with Gasteiger partial charge in [0.25, 0.3) is 0 Å². The molecule has 2 unspecified atom stereocenters. The van der Waals surface area contributed by atoms with E-state index in [2.05, 4.69) is 39.5 Å². The van der Waals surface area contributed by atoms with E-state index in [0.29, 0.717) is 5.54 Å². The molecule has 54 valence electrons. The number of rotatable bonds is 0. The van der Waals surface area contributed by atoms with E-state index >= 15 is 0 Å². The average Bonchev–Trinajstić information content (AvgIpc) is 2.11. The first-order chi connectivity index (χ1) is 3.94. The van der Waals surface area contributed by atoms with Crippen LogP contribution in [0.15, 0.2) is 0 Å². The van der Waals surface area contributed by atoms with Crippen LogP contribution in [-0.2, 0) is 0 Å². The van der Waals surface area contributed by atoms with Gasteiger partial charge in [-0.1, -0.05) is 0 Å². The molecule has 0 saturated carbocycles. The van der Waals surface area contributed by atoms with Crippen molar-refractivity contribution in [3.63, 3.8) is 0 Å². The Morgan fingerprint density at radius 3 is 1.33 bits per heavy atom. The molecule has 1 rings (SSSR count). The molecule has 1 heterocycles. The monoisotopic (exact) mass is 127 g/mol. The highest BCUT2D eigenvalue weighted by atomic mass is 15.4.